The molecule has 2 aromatic heterocycles. The molecule has 5 aromatic rings. The van der Waals surface area contributed by atoms with Crippen LogP contribution in [0.25, 0.3) is 16.5 Å². The number of halogens is 1. The monoisotopic (exact) mass is 494 g/mol. The van der Waals surface area contributed by atoms with Crippen molar-refractivity contribution in [2.45, 2.75) is 13.5 Å². The second kappa shape index (κ2) is 9.54. The first kappa shape index (κ1) is 23.7. The number of nitrogen functional groups attached to an aromatic ring is 1. The lowest BCUT2D eigenvalue weighted by Gasteiger charge is -2.18. The Kier molecular flexibility index (Phi) is 6.10. The van der Waals surface area contributed by atoms with Gasteiger partial charge < -0.3 is 16.2 Å². The molecule has 8 nitrogen and oxygen atoms in total. The van der Waals surface area contributed by atoms with Crippen molar-refractivity contribution >= 4 is 28.1 Å². The predicted octanol–water partition coefficient (Wildman–Crippen LogP) is 4.54. The van der Waals surface area contributed by atoms with E-state index in [9.17, 15) is 14.3 Å². The highest BCUT2D eigenvalue weighted by molar-refractivity contribution is 6.16. The van der Waals surface area contributed by atoms with Crippen LogP contribution in [0.5, 0.6) is 5.75 Å². The molecule has 0 aliphatic carbocycles. The number of rotatable bonds is 6. The van der Waals surface area contributed by atoms with Crippen LogP contribution in [-0.2, 0) is 6.54 Å². The van der Waals surface area contributed by atoms with Crippen molar-refractivity contribution in [2.75, 3.05) is 11.1 Å². The number of nitrogens with one attached hydrogen (secondary N) is 2. The van der Waals surface area contributed by atoms with Crippen LogP contribution in [0.4, 0.5) is 16.0 Å². The second-order valence-electron chi connectivity index (χ2n) is 8.56. The summed E-state index contributed by atoms with van der Waals surface area (Å²) in [7, 11) is 0. The van der Waals surface area contributed by atoms with Gasteiger partial charge in [0.1, 0.15) is 29.5 Å². The summed E-state index contributed by atoms with van der Waals surface area (Å²) in [5.74, 6) is -0.760. The van der Waals surface area contributed by atoms with Crippen molar-refractivity contribution in [1.82, 2.24) is 14.5 Å². The van der Waals surface area contributed by atoms with Crippen LogP contribution in [0.3, 0.4) is 0 Å². The van der Waals surface area contributed by atoms with E-state index in [1.54, 1.807) is 4.57 Å². The topological polar surface area (TPSA) is 130 Å². The van der Waals surface area contributed by atoms with Gasteiger partial charge in [-0.05, 0) is 48.2 Å². The molecule has 0 aliphatic heterocycles. The third-order valence-electron chi connectivity index (χ3n) is 6.08. The zero-order chi connectivity index (χ0) is 26.1. The van der Waals surface area contributed by atoms with Gasteiger partial charge >= 0.3 is 0 Å². The van der Waals surface area contributed by atoms with Crippen LogP contribution < -0.4 is 16.6 Å². The number of benzene rings is 3. The Morgan fingerprint density at radius 1 is 1.08 bits per heavy atom. The number of phenolic OH excluding ortho intramolecular Hbond substituents is 1. The number of nitrogens with two attached hydrogens (primary N) is 1. The molecule has 9 heteroatoms. The number of aromatic hydroxyl groups is 1. The minimum absolute atomic E-state index is 0.0147. The molecule has 0 atom stereocenters. The van der Waals surface area contributed by atoms with Gasteiger partial charge in [0.2, 0.25) is 0 Å². The number of fused-ring (bicyclic) bond motifs is 1. The number of hydrogen-bond donors (Lipinski definition) is 4. The van der Waals surface area contributed by atoms with Crippen molar-refractivity contribution in [3.63, 3.8) is 0 Å². The van der Waals surface area contributed by atoms with Crippen LogP contribution in [-0.4, -0.2) is 25.4 Å². The summed E-state index contributed by atoms with van der Waals surface area (Å²) in [4.78, 5) is 21.9. The highest BCUT2D eigenvalue weighted by Gasteiger charge is 2.19. The maximum atomic E-state index is 13.9. The first-order chi connectivity index (χ1) is 17.8. The van der Waals surface area contributed by atoms with E-state index in [1.165, 1.54) is 12.4 Å². The van der Waals surface area contributed by atoms with Gasteiger partial charge in [-0.3, -0.25) is 14.8 Å². The van der Waals surface area contributed by atoms with E-state index >= 15 is 0 Å². The Bertz CT molecular complexity index is 1700. The minimum Gasteiger partial charge on any atom is -0.508 e. The molecule has 0 radical (unpaired) electrons. The summed E-state index contributed by atoms with van der Waals surface area (Å²) >= 11 is 0. The second-order valence-corrected chi connectivity index (χ2v) is 8.56. The summed E-state index contributed by atoms with van der Waals surface area (Å²) in [5.41, 5.74) is 8.30. The summed E-state index contributed by atoms with van der Waals surface area (Å²) in [6.07, 6.45) is 1.26. The molecule has 0 spiro atoms. The first-order valence-corrected chi connectivity index (χ1v) is 11.5. The number of phenols is 1. The number of aromatic nitrogens is 3. The Morgan fingerprint density at radius 3 is 2.62 bits per heavy atom. The zero-order valence-electron chi connectivity index (χ0n) is 19.9. The summed E-state index contributed by atoms with van der Waals surface area (Å²) in [5, 5.41) is 23.1. The van der Waals surface area contributed by atoms with Crippen LogP contribution in [0.1, 0.15) is 22.4 Å². The summed E-state index contributed by atoms with van der Waals surface area (Å²) < 4.78 is 15.5. The molecule has 0 aliphatic rings. The van der Waals surface area contributed by atoms with Crippen molar-refractivity contribution in [1.29, 1.82) is 5.41 Å². The number of hydrogen-bond acceptors (Lipinski definition) is 7. The molecule has 0 amide bonds. The van der Waals surface area contributed by atoms with Crippen molar-refractivity contribution in [3.05, 3.63) is 118 Å². The van der Waals surface area contributed by atoms with Gasteiger partial charge in [-0.2, -0.15) is 0 Å². The fourth-order valence-corrected chi connectivity index (χ4v) is 4.40. The van der Waals surface area contributed by atoms with Crippen LogP contribution in [0, 0.1) is 18.2 Å². The van der Waals surface area contributed by atoms with Gasteiger partial charge in [0.15, 0.2) is 0 Å². The predicted molar refractivity (Wildman–Crippen MR) is 142 cm³/mol. The van der Waals surface area contributed by atoms with Gasteiger partial charge in [0.25, 0.3) is 5.56 Å². The fraction of sp³-hybridized carbons (Fsp3) is 0.0714. The Morgan fingerprint density at radius 2 is 1.86 bits per heavy atom. The zero-order valence-corrected chi connectivity index (χ0v) is 19.9. The number of nitrogens with zero attached hydrogens (tertiary/aromatic N) is 3. The molecule has 184 valence electrons. The van der Waals surface area contributed by atoms with E-state index in [4.69, 9.17) is 11.1 Å². The van der Waals surface area contributed by atoms with Crippen LogP contribution in [0.2, 0.25) is 0 Å². The molecule has 2 heterocycles. The van der Waals surface area contributed by atoms with Crippen molar-refractivity contribution in [2.24, 2.45) is 0 Å². The SMILES string of the molecule is Cc1cccc2cc(CNc3ncnc(N)c3C(=N)c3cc(O)cc(F)c3)n(-c3ccccc3)c(=O)c12. The lowest BCUT2D eigenvalue weighted by atomic mass is 10.0. The highest BCUT2D eigenvalue weighted by Crippen LogP contribution is 2.25. The maximum Gasteiger partial charge on any atom is 0.263 e. The van der Waals surface area contributed by atoms with Gasteiger partial charge in [-0.25, -0.2) is 14.4 Å². The number of aryl methyl sites for hydroxylation is 1. The molecule has 0 saturated heterocycles. The maximum absolute atomic E-state index is 13.9. The summed E-state index contributed by atoms with van der Waals surface area (Å²) in [6.45, 7) is 2.07. The van der Waals surface area contributed by atoms with Crippen molar-refractivity contribution < 1.29 is 9.50 Å². The largest absolute Gasteiger partial charge is 0.508 e. The molecular formula is C28H23FN6O2. The van der Waals surface area contributed by atoms with E-state index in [1.807, 2.05) is 61.5 Å². The molecular weight excluding hydrogens is 471 g/mol. The Hall–Kier alpha value is -5.05. The van der Waals surface area contributed by atoms with E-state index < -0.39 is 5.82 Å². The lowest BCUT2D eigenvalue weighted by Crippen LogP contribution is -2.24. The van der Waals surface area contributed by atoms with E-state index in [-0.39, 0.29) is 46.3 Å². The van der Waals surface area contributed by atoms with Gasteiger partial charge in [0, 0.05) is 23.0 Å². The van der Waals surface area contributed by atoms with Gasteiger partial charge in [0.05, 0.1) is 23.2 Å². The molecule has 37 heavy (non-hydrogen) atoms. The standard InChI is InChI=1S/C28H23FN6O2/c1-16-6-5-7-17-11-21(35(28(37)23(16)17)20-8-3-2-4-9-20)14-32-27-24(26(31)33-15-34-27)25(30)18-10-19(29)13-22(36)12-18/h2-13,15,30,36H,14H2,1H3,(H3,31,32,33,34). The third-order valence-corrected chi connectivity index (χ3v) is 6.08. The van der Waals surface area contributed by atoms with Gasteiger partial charge in [-0.15, -0.1) is 0 Å². The molecule has 5 rings (SSSR count). The fourth-order valence-electron chi connectivity index (χ4n) is 4.40. The number of pyridine rings is 1. The van der Waals surface area contributed by atoms with Gasteiger partial charge in [-0.1, -0.05) is 36.4 Å². The average Bonchev–Trinajstić information content (AvgIpc) is 2.87. The first-order valence-electron chi connectivity index (χ1n) is 11.5. The van der Waals surface area contributed by atoms with E-state index in [2.05, 4.69) is 15.3 Å². The molecule has 0 saturated carbocycles. The number of anilines is 2. The molecule has 0 unspecified atom stereocenters. The smallest absolute Gasteiger partial charge is 0.263 e. The minimum atomic E-state index is -0.692. The molecule has 0 fully saturated rings. The lowest BCUT2D eigenvalue weighted by molar-refractivity contribution is 0.469. The van der Waals surface area contributed by atoms with Crippen molar-refractivity contribution in [3.8, 4) is 11.4 Å². The average molecular weight is 495 g/mol. The summed E-state index contributed by atoms with van der Waals surface area (Å²) in [6, 6.07) is 20.3. The third kappa shape index (κ3) is 4.50. The Balaban J connectivity index is 1.59. The van der Waals surface area contributed by atoms with Crippen LogP contribution >= 0.6 is 0 Å². The van der Waals surface area contributed by atoms with Crippen LogP contribution in [0.15, 0.2) is 83.9 Å². The molecule has 5 N–H and O–H groups in total. The quantitative estimate of drug-likeness (QED) is 0.256. The van der Waals surface area contributed by atoms with E-state index in [0.29, 0.717) is 16.8 Å². The Labute approximate surface area is 211 Å². The number of para-hydroxylation sites is 1. The normalized spacial score (nSPS) is 11.0. The van der Waals surface area contributed by atoms with E-state index in [0.717, 1.165) is 23.1 Å². The molecule has 3 aromatic carbocycles. The molecule has 0 bridgehead atoms. The highest BCUT2D eigenvalue weighted by atomic mass is 19.1.